The average Bonchev–Trinajstić information content (AvgIpc) is 2.84. The number of rotatable bonds is 7. The van der Waals surface area contributed by atoms with E-state index >= 15 is 0 Å². The van der Waals surface area contributed by atoms with Crippen LogP contribution in [0.25, 0.3) is 10.8 Å². The summed E-state index contributed by atoms with van der Waals surface area (Å²) >= 11 is 0. The number of aliphatic hydroxyl groups excluding tert-OH is 1. The van der Waals surface area contributed by atoms with Gasteiger partial charge in [-0.25, -0.2) is 8.78 Å². The van der Waals surface area contributed by atoms with Crippen molar-refractivity contribution in [2.75, 3.05) is 0 Å². The van der Waals surface area contributed by atoms with Gasteiger partial charge in [-0.2, -0.15) is 0 Å². The molecule has 0 radical (unpaired) electrons. The van der Waals surface area contributed by atoms with Crippen molar-refractivity contribution in [1.82, 2.24) is 5.32 Å². The number of benzene rings is 4. The first-order valence-electron chi connectivity index (χ1n) is 11.3. The fourth-order valence-electron chi connectivity index (χ4n) is 4.17. The summed E-state index contributed by atoms with van der Waals surface area (Å²) in [5, 5.41) is 15.0. The molecular formula is C29H27F2NO2. The molecule has 174 valence electrons. The maximum Gasteiger partial charge on any atom is 0.252 e. The zero-order chi connectivity index (χ0) is 24.2. The van der Waals surface area contributed by atoms with E-state index in [1.165, 1.54) is 36.4 Å². The van der Waals surface area contributed by atoms with Crippen molar-refractivity contribution in [2.24, 2.45) is 0 Å². The SMILES string of the molecule is CC(C)c1cccc(CC(NC(=O)c2ccc(F)c3ccccc23)C(O)c2ccc(F)cc2)c1. The van der Waals surface area contributed by atoms with E-state index in [4.69, 9.17) is 0 Å². The second-order valence-electron chi connectivity index (χ2n) is 8.82. The summed E-state index contributed by atoms with van der Waals surface area (Å²) in [5.41, 5.74) is 2.94. The molecule has 0 aliphatic carbocycles. The Morgan fingerprint density at radius 1 is 0.853 bits per heavy atom. The van der Waals surface area contributed by atoms with Crippen LogP contribution in [0.2, 0.25) is 0 Å². The molecule has 3 nitrogen and oxygen atoms in total. The summed E-state index contributed by atoms with van der Waals surface area (Å²) in [6.07, 6.45) is -0.705. The van der Waals surface area contributed by atoms with Crippen LogP contribution in [-0.4, -0.2) is 17.1 Å². The van der Waals surface area contributed by atoms with Crippen LogP contribution in [0.15, 0.2) is 84.9 Å². The summed E-state index contributed by atoms with van der Waals surface area (Å²) in [6, 6.07) is 22.4. The van der Waals surface area contributed by atoms with E-state index in [0.717, 1.165) is 11.1 Å². The Morgan fingerprint density at radius 3 is 2.26 bits per heavy atom. The van der Waals surface area contributed by atoms with Crippen molar-refractivity contribution >= 4 is 16.7 Å². The molecule has 0 saturated heterocycles. The van der Waals surface area contributed by atoms with Crippen LogP contribution in [-0.2, 0) is 6.42 Å². The number of halogens is 2. The van der Waals surface area contributed by atoms with Crippen LogP contribution in [0.5, 0.6) is 0 Å². The van der Waals surface area contributed by atoms with E-state index in [9.17, 15) is 18.7 Å². The van der Waals surface area contributed by atoms with Gasteiger partial charge >= 0.3 is 0 Å². The van der Waals surface area contributed by atoms with Crippen LogP contribution in [0.3, 0.4) is 0 Å². The molecule has 0 saturated carbocycles. The molecule has 2 N–H and O–H groups in total. The summed E-state index contributed by atoms with van der Waals surface area (Å²) < 4.78 is 27.7. The Hall–Kier alpha value is -3.57. The highest BCUT2D eigenvalue weighted by Crippen LogP contribution is 2.25. The lowest BCUT2D eigenvalue weighted by atomic mass is 9.93. The van der Waals surface area contributed by atoms with Gasteiger partial charge in [0.2, 0.25) is 0 Å². The van der Waals surface area contributed by atoms with Gasteiger partial charge in [-0.15, -0.1) is 0 Å². The van der Waals surface area contributed by atoms with E-state index in [-0.39, 0.29) is 0 Å². The second-order valence-corrected chi connectivity index (χ2v) is 8.82. The molecule has 0 fully saturated rings. The topological polar surface area (TPSA) is 49.3 Å². The molecule has 0 aromatic heterocycles. The molecular weight excluding hydrogens is 432 g/mol. The number of fused-ring (bicyclic) bond motifs is 1. The van der Waals surface area contributed by atoms with Crippen molar-refractivity contribution < 1.29 is 18.7 Å². The van der Waals surface area contributed by atoms with Crippen molar-refractivity contribution in [3.05, 3.63) is 119 Å². The van der Waals surface area contributed by atoms with Gasteiger partial charge in [-0.1, -0.05) is 74.5 Å². The molecule has 0 aliphatic heterocycles. The Balaban J connectivity index is 1.68. The third-order valence-corrected chi connectivity index (χ3v) is 6.10. The Labute approximate surface area is 198 Å². The molecule has 4 rings (SSSR count). The molecule has 0 spiro atoms. The highest BCUT2D eigenvalue weighted by Gasteiger charge is 2.25. The first kappa shape index (κ1) is 23.6. The summed E-state index contributed by atoms with van der Waals surface area (Å²) in [5.74, 6) is -0.887. The average molecular weight is 460 g/mol. The Morgan fingerprint density at radius 2 is 1.56 bits per heavy atom. The minimum Gasteiger partial charge on any atom is -0.386 e. The zero-order valence-electron chi connectivity index (χ0n) is 19.1. The van der Waals surface area contributed by atoms with Gasteiger partial charge in [-0.3, -0.25) is 4.79 Å². The quantitative estimate of drug-likeness (QED) is 0.340. The Kier molecular flexibility index (Phi) is 7.03. The van der Waals surface area contributed by atoms with Crippen molar-refractivity contribution in [3.63, 3.8) is 0 Å². The lowest BCUT2D eigenvalue weighted by Gasteiger charge is -2.25. The lowest BCUT2D eigenvalue weighted by molar-refractivity contribution is 0.0833. The van der Waals surface area contributed by atoms with Crippen LogP contribution in [0.1, 0.15) is 52.9 Å². The van der Waals surface area contributed by atoms with E-state index < -0.39 is 29.7 Å². The molecule has 4 aromatic rings. The second kappa shape index (κ2) is 10.1. The monoisotopic (exact) mass is 459 g/mol. The maximum atomic E-state index is 14.3. The molecule has 5 heteroatoms. The van der Waals surface area contributed by atoms with Crippen molar-refractivity contribution in [2.45, 2.75) is 38.3 Å². The first-order chi connectivity index (χ1) is 16.3. The molecule has 0 bridgehead atoms. The first-order valence-corrected chi connectivity index (χ1v) is 11.3. The van der Waals surface area contributed by atoms with Crippen molar-refractivity contribution in [3.8, 4) is 0 Å². The largest absolute Gasteiger partial charge is 0.386 e. The number of hydrogen-bond donors (Lipinski definition) is 2. The van der Waals surface area contributed by atoms with Crippen LogP contribution < -0.4 is 5.32 Å². The van der Waals surface area contributed by atoms with Gasteiger partial charge in [0.25, 0.3) is 5.91 Å². The maximum absolute atomic E-state index is 14.3. The third-order valence-electron chi connectivity index (χ3n) is 6.10. The number of aliphatic hydroxyl groups is 1. The van der Waals surface area contributed by atoms with Crippen LogP contribution in [0.4, 0.5) is 8.78 Å². The molecule has 2 atom stereocenters. The van der Waals surface area contributed by atoms with Gasteiger partial charge in [0, 0.05) is 10.9 Å². The number of amides is 1. The van der Waals surface area contributed by atoms with Gasteiger partial charge in [0.1, 0.15) is 11.6 Å². The Bertz CT molecular complexity index is 1300. The number of hydrogen-bond acceptors (Lipinski definition) is 2. The highest BCUT2D eigenvalue weighted by atomic mass is 19.1. The van der Waals surface area contributed by atoms with Crippen LogP contribution in [0, 0.1) is 11.6 Å². The molecule has 0 heterocycles. The van der Waals surface area contributed by atoms with Gasteiger partial charge in [0.05, 0.1) is 12.1 Å². The summed E-state index contributed by atoms with van der Waals surface area (Å²) in [4.78, 5) is 13.3. The fraction of sp³-hybridized carbons (Fsp3) is 0.207. The van der Waals surface area contributed by atoms with E-state index in [0.29, 0.717) is 34.2 Å². The van der Waals surface area contributed by atoms with Crippen LogP contribution >= 0.6 is 0 Å². The standard InChI is InChI=1S/C29H27F2NO2/c1-18(2)21-7-5-6-19(16-21)17-27(28(33)20-10-12-22(30)13-11-20)32-29(34)25-14-15-26(31)24-9-4-3-8-23(24)25/h3-16,18,27-28,33H,17H2,1-2H3,(H,32,34). The third kappa shape index (κ3) is 5.15. The summed E-state index contributed by atoms with van der Waals surface area (Å²) in [7, 11) is 0. The summed E-state index contributed by atoms with van der Waals surface area (Å²) in [6.45, 7) is 4.21. The molecule has 1 amide bonds. The predicted octanol–water partition coefficient (Wildman–Crippen LogP) is 6.32. The fourth-order valence-corrected chi connectivity index (χ4v) is 4.17. The normalized spacial score (nSPS) is 13.1. The molecule has 34 heavy (non-hydrogen) atoms. The van der Waals surface area contributed by atoms with E-state index in [1.54, 1.807) is 24.3 Å². The lowest BCUT2D eigenvalue weighted by Crippen LogP contribution is -2.41. The molecule has 4 aromatic carbocycles. The molecule has 0 aliphatic rings. The smallest absolute Gasteiger partial charge is 0.252 e. The highest BCUT2D eigenvalue weighted by molar-refractivity contribution is 6.07. The number of nitrogens with one attached hydrogen (secondary N) is 1. The number of carbonyl (C=O) groups is 1. The number of carbonyl (C=O) groups excluding carboxylic acids is 1. The van der Waals surface area contributed by atoms with Gasteiger partial charge in [0.15, 0.2) is 0 Å². The minimum atomic E-state index is -1.07. The van der Waals surface area contributed by atoms with E-state index in [2.05, 4.69) is 25.2 Å². The van der Waals surface area contributed by atoms with E-state index in [1.807, 2.05) is 18.2 Å². The van der Waals surface area contributed by atoms with Gasteiger partial charge < -0.3 is 10.4 Å². The van der Waals surface area contributed by atoms with Crippen molar-refractivity contribution in [1.29, 1.82) is 0 Å². The predicted molar refractivity (Wildman–Crippen MR) is 131 cm³/mol. The molecule has 2 unspecified atom stereocenters. The minimum absolute atomic E-state index is 0.323. The zero-order valence-corrected chi connectivity index (χ0v) is 19.1. The van der Waals surface area contributed by atoms with Gasteiger partial charge in [-0.05, 0) is 58.7 Å².